The van der Waals surface area contributed by atoms with E-state index < -0.39 is 11.1 Å². The van der Waals surface area contributed by atoms with Crippen molar-refractivity contribution in [1.82, 2.24) is 5.32 Å². The number of hydrogen-bond donors (Lipinski definition) is 2. The molecule has 1 amide bonds. The Kier molecular flexibility index (Phi) is 4.71. The lowest BCUT2D eigenvalue weighted by molar-refractivity contribution is -0.137. The highest BCUT2D eigenvalue weighted by molar-refractivity contribution is 5.83. The molecule has 3 heteroatoms. The Morgan fingerprint density at radius 3 is 2.05 bits per heavy atom. The molecule has 1 saturated carbocycles. The van der Waals surface area contributed by atoms with Gasteiger partial charge >= 0.3 is 0 Å². The van der Waals surface area contributed by atoms with Crippen molar-refractivity contribution in [3.8, 4) is 0 Å². The van der Waals surface area contributed by atoms with Gasteiger partial charge < -0.3 is 10.4 Å². The number of rotatable bonds is 5. The third kappa shape index (κ3) is 3.71. The van der Waals surface area contributed by atoms with E-state index in [2.05, 4.69) is 19.2 Å². The van der Waals surface area contributed by atoms with Gasteiger partial charge in [-0.15, -0.1) is 0 Å². The number of carbonyl (C=O) groups is 1. The second-order valence-electron chi connectivity index (χ2n) is 7.72. The Balaban J connectivity index is 2.85. The number of nitrogens with one attached hydrogen (secondary N) is 1. The highest BCUT2D eigenvalue weighted by Crippen LogP contribution is 2.44. The Labute approximate surface area is 118 Å². The molecule has 3 nitrogen and oxygen atoms in total. The van der Waals surface area contributed by atoms with Crippen LogP contribution < -0.4 is 5.32 Å². The van der Waals surface area contributed by atoms with Crippen molar-refractivity contribution >= 4 is 5.91 Å². The predicted molar refractivity (Wildman–Crippen MR) is 78.9 cm³/mol. The minimum Gasteiger partial charge on any atom is -0.388 e. The maximum Gasteiger partial charge on any atom is 0.226 e. The first kappa shape index (κ1) is 16.5. The van der Waals surface area contributed by atoms with E-state index in [1.54, 1.807) is 13.8 Å². The van der Waals surface area contributed by atoms with Crippen LogP contribution in [0.5, 0.6) is 0 Å². The van der Waals surface area contributed by atoms with Crippen molar-refractivity contribution in [3.05, 3.63) is 0 Å². The molecule has 1 rings (SSSR count). The molecule has 1 aliphatic carbocycles. The lowest BCUT2D eigenvalue weighted by atomic mass is 9.76. The van der Waals surface area contributed by atoms with Crippen LogP contribution in [0.1, 0.15) is 73.6 Å². The van der Waals surface area contributed by atoms with Crippen LogP contribution >= 0.6 is 0 Å². The van der Waals surface area contributed by atoms with Gasteiger partial charge in [0.1, 0.15) is 0 Å². The standard InChI is InChI=1S/C16H31NO2/c1-12(2)11-16(9-7-8-10-16)13(18)17-14(3,4)15(5,6)19/h12,19H,7-11H2,1-6H3,(H,17,18). The lowest BCUT2D eigenvalue weighted by Gasteiger charge is -2.41. The molecular formula is C16H31NO2. The fourth-order valence-corrected chi connectivity index (χ4v) is 2.93. The number of carbonyl (C=O) groups excluding carboxylic acids is 1. The summed E-state index contributed by atoms with van der Waals surface area (Å²) in [6.45, 7) is 11.6. The molecule has 0 aromatic rings. The molecule has 0 aromatic carbocycles. The zero-order valence-corrected chi connectivity index (χ0v) is 13.5. The van der Waals surface area contributed by atoms with Crippen LogP contribution in [0.2, 0.25) is 0 Å². The van der Waals surface area contributed by atoms with Gasteiger partial charge in [-0.1, -0.05) is 26.7 Å². The van der Waals surface area contributed by atoms with E-state index in [1.165, 1.54) is 0 Å². The van der Waals surface area contributed by atoms with Crippen LogP contribution in [0.4, 0.5) is 0 Å². The largest absolute Gasteiger partial charge is 0.388 e. The molecule has 0 bridgehead atoms. The Morgan fingerprint density at radius 2 is 1.68 bits per heavy atom. The van der Waals surface area contributed by atoms with Gasteiger partial charge in [-0.25, -0.2) is 0 Å². The van der Waals surface area contributed by atoms with Crippen LogP contribution in [-0.2, 0) is 4.79 Å². The Bertz CT molecular complexity index is 320. The fourth-order valence-electron chi connectivity index (χ4n) is 2.93. The summed E-state index contributed by atoms with van der Waals surface area (Å²) < 4.78 is 0. The minimum atomic E-state index is -0.930. The summed E-state index contributed by atoms with van der Waals surface area (Å²) in [7, 11) is 0. The maximum absolute atomic E-state index is 12.7. The van der Waals surface area contributed by atoms with E-state index in [0.717, 1.165) is 32.1 Å². The van der Waals surface area contributed by atoms with Gasteiger partial charge in [0.25, 0.3) is 0 Å². The molecule has 2 N–H and O–H groups in total. The molecule has 0 aromatic heterocycles. The number of aliphatic hydroxyl groups is 1. The zero-order chi connectivity index (χ0) is 14.9. The van der Waals surface area contributed by atoms with Gasteiger partial charge in [0.15, 0.2) is 0 Å². The maximum atomic E-state index is 12.7. The summed E-state index contributed by atoms with van der Waals surface area (Å²) in [5, 5.41) is 13.3. The van der Waals surface area contributed by atoms with Gasteiger partial charge in [-0.2, -0.15) is 0 Å². The minimum absolute atomic E-state index is 0.130. The normalized spacial score (nSPS) is 19.8. The van der Waals surface area contributed by atoms with Crippen LogP contribution in [0.3, 0.4) is 0 Å². The van der Waals surface area contributed by atoms with Gasteiger partial charge in [-0.3, -0.25) is 4.79 Å². The van der Waals surface area contributed by atoms with E-state index in [4.69, 9.17) is 0 Å². The van der Waals surface area contributed by atoms with E-state index in [0.29, 0.717) is 5.92 Å². The Morgan fingerprint density at radius 1 is 1.21 bits per heavy atom. The summed E-state index contributed by atoms with van der Waals surface area (Å²) in [5.41, 5.74) is -1.76. The average molecular weight is 269 g/mol. The van der Waals surface area contributed by atoms with Gasteiger partial charge in [0.2, 0.25) is 5.91 Å². The van der Waals surface area contributed by atoms with Crippen LogP contribution in [0.15, 0.2) is 0 Å². The van der Waals surface area contributed by atoms with Crippen molar-refractivity contribution in [1.29, 1.82) is 0 Å². The van der Waals surface area contributed by atoms with Crippen molar-refractivity contribution in [2.45, 2.75) is 84.8 Å². The highest BCUT2D eigenvalue weighted by Gasteiger charge is 2.45. The molecule has 1 aliphatic rings. The van der Waals surface area contributed by atoms with Crippen LogP contribution in [0, 0.1) is 11.3 Å². The van der Waals surface area contributed by atoms with Gasteiger partial charge in [-0.05, 0) is 52.9 Å². The molecule has 0 unspecified atom stereocenters. The molecule has 1 fully saturated rings. The van der Waals surface area contributed by atoms with Crippen molar-refractivity contribution in [3.63, 3.8) is 0 Å². The quantitative estimate of drug-likeness (QED) is 0.805. The SMILES string of the molecule is CC(C)CC1(C(=O)NC(C)(C)C(C)(C)O)CCCC1. The molecule has 0 heterocycles. The number of amides is 1. The van der Waals surface area contributed by atoms with Gasteiger partial charge in [0.05, 0.1) is 11.1 Å². The molecule has 0 atom stereocenters. The topological polar surface area (TPSA) is 49.3 Å². The first-order chi connectivity index (χ1) is 8.50. The molecular weight excluding hydrogens is 238 g/mol. The van der Waals surface area contributed by atoms with E-state index in [9.17, 15) is 9.90 Å². The van der Waals surface area contributed by atoms with Gasteiger partial charge in [0, 0.05) is 5.41 Å². The lowest BCUT2D eigenvalue weighted by Crippen LogP contribution is -2.60. The summed E-state index contributed by atoms with van der Waals surface area (Å²) >= 11 is 0. The second kappa shape index (κ2) is 5.43. The second-order valence-corrected chi connectivity index (χ2v) is 7.72. The monoisotopic (exact) mass is 269 g/mol. The number of hydrogen-bond acceptors (Lipinski definition) is 2. The third-order valence-electron chi connectivity index (χ3n) is 4.80. The smallest absolute Gasteiger partial charge is 0.226 e. The first-order valence-corrected chi connectivity index (χ1v) is 7.55. The van der Waals surface area contributed by atoms with Crippen molar-refractivity contribution < 1.29 is 9.90 Å². The van der Waals surface area contributed by atoms with Crippen molar-refractivity contribution in [2.75, 3.05) is 0 Å². The van der Waals surface area contributed by atoms with Crippen LogP contribution in [-0.4, -0.2) is 22.2 Å². The summed E-state index contributed by atoms with van der Waals surface area (Å²) in [4.78, 5) is 12.7. The zero-order valence-electron chi connectivity index (χ0n) is 13.5. The van der Waals surface area contributed by atoms with E-state index in [-0.39, 0.29) is 11.3 Å². The summed E-state index contributed by atoms with van der Waals surface area (Å²) in [6, 6.07) is 0. The van der Waals surface area contributed by atoms with E-state index in [1.807, 2.05) is 13.8 Å². The molecule has 0 radical (unpaired) electrons. The molecule has 0 spiro atoms. The molecule has 0 saturated heterocycles. The van der Waals surface area contributed by atoms with Crippen LogP contribution in [0.25, 0.3) is 0 Å². The Hall–Kier alpha value is -0.570. The average Bonchev–Trinajstić information content (AvgIpc) is 2.63. The molecule has 19 heavy (non-hydrogen) atoms. The third-order valence-corrected chi connectivity index (χ3v) is 4.80. The van der Waals surface area contributed by atoms with Crippen molar-refractivity contribution in [2.24, 2.45) is 11.3 Å². The summed E-state index contributed by atoms with van der Waals surface area (Å²) in [5.74, 6) is 0.653. The summed E-state index contributed by atoms with van der Waals surface area (Å²) in [6.07, 6.45) is 5.20. The van der Waals surface area contributed by atoms with E-state index >= 15 is 0 Å². The highest BCUT2D eigenvalue weighted by atomic mass is 16.3. The molecule has 112 valence electrons. The molecule has 0 aliphatic heterocycles. The predicted octanol–water partition coefficient (Wildman–Crippen LogP) is 3.26. The first-order valence-electron chi connectivity index (χ1n) is 7.55. The fraction of sp³-hybridized carbons (Fsp3) is 0.938.